The van der Waals surface area contributed by atoms with Crippen LogP contribution in [0, 0.1) is 0 Å². The number of morpholine rings is 1. The van der Waals surface area contributed by atoms with E-state index in [0.29, 0.717) is 18.6 Å². The van der Waals surface area contributed by atoms with E-state index < -0.39 is 12.1 Å². The molecule has 3 fully saturated rings. The van der Waals surface area contributed by atoms with Gasteiger partial charge >= 0.3 is 5.97 Å². The molecule has 3 rings (SSSR count). The van der Waals surface area contributed by atoms with E-state index >= 15 is 0 Å². The molecule has 0 aromatic rings. The number of hydrogen-bond acceptors (Lipinski definition) is 4. The third-order valence-corrected chi connectivity index (χ3v) is 4.42. The highest BCUT2D eigenvalue weighted by atomic mass is 16.5. The number of ether oxygens (including phenoxy) is 2. The number of rotatable bonds is 3. The van der Waals surface area contributed by atoms with Crippen LogP contribution >= 0.6 is 0 Å². The van der Waals surface area contributed by atoms with Crippen LogP contribution in [0.5, 0.6) is 0 Å². The van der Waals surface area contributed by atoms with E-state index in [1.54, 1.807) is 0 Å². The van der Waals surface area contributed by atoms with Crippen molar-refractivity contribution in [3.05, 3.63) is 0 Å². The molecule has 2 saturated heterocycles. The lowest BCUT2D eigenvalue weighted by atomic mass is 10.1. The van der Waals surface area contributed by atoms with Crippen LogP contribution < -0.4 is 0 Å². The van der Waals surface area contributed by atoms with Crippen molar-refractivity contribution in [2.75, 3.05) is 19.7 Å². The Bertz CT molecular complexity index is 322. The van der Waals surface area contributed by atoms with Gasteiger partial charge in [0.2, 0.25) is 0 Å². The van der Waals surface area contributed by atoms with Crippen LogP contribution in [0.15, 0.2) is 0 Å². The van der Waals surface area contributed by atoms with Crippen LogP contribution in [0.25, 0.3) is 0 Å². The van der Waals surface area contributed by atoms with Gasteiger partial charge in [-0.1, -0.05) is 0 Å². The van der Waals surface area contributed by atoms with Gasteiger partial charge in [-0.15, -0.1) is 0 Å². The minimum atomic E-state index is -0.821. The predicted molar refractivity (Wildman–Crippen MR) is 64.5 cm³/mol. The molecule has 2 aliphatic heterocycles. The van der Waals surface area contributed by atoms with E-state index in [4.69, 9.17) is 14.6 Å². The van der Waals surface area contributed by atoms with Gasteiger partial charge in [-0.2, -0.15) is 0 Å². The normalized spacial score (nSPS) is 40.9. The standard InChI is InChI=1S/C13H21NO4/c15-13(16)12-5-4-9(18-12)8-14-6-7-17-11-3-1-2-10(11)14/h9-12H,1-8H2,(H,15,16). The summed E-state index contributed by atoms with van der Waals surface area (Å²) in [7, 11) is 0. The summed E-state index contributed by atoms with van der Waals surface area (Å²) < 4.78 is 11.4. The first-order valence-corrected chi connectivity index (χ1v) is 6.98. The molecular formula is C13H21NO4. The Hall–Kier alpha value is -0.650. The largest absolute Gasteiger partial charge is 0.479 e. The summed E-state index contributed by atoms with van der Waals surface area (Å²) in [5, 5.41) is 8.93. The summed E-state index contributed by atoms with van der Waals surface area (Å²) in [6.45, 7) is 2.63. The maximum atomic E-state index is 10.9. The summed E-state index contributed by atoms with van der Waals surface area (Å²) >= 11 is 0. The summed E-state index contributed by atoms with van der Waals surface area (Å²) in [6, 6.07) is 0.534. The topological polar surface area (TPSA) is 59.0 Å². The van der Waals surface area contributed by atoms with Crippen molar-refractivity contribution in [3.8, 4) is 0 Å². The predicted octanol–water partition coefficient (Wildman–Crippen LogP) is 0.872. The highest BCUT2D eigenvalue weighted by molar-refractivity contribution is 5.72. The van der Waals surface area contributed by atoms with E-state index in [9.17, 15) is 4.79 Å². The third kappa shape index (κ3) is 2.39. The van der Waals surface area contributed by atoms with E-state index in [1.165, 1.54) is 19.3 Å². The minimum absolute atomic E-state index is 0.0884. The average molecular weight is 255 g/mol. The second kappa shape index (κ2) is 5.15. The van der Waals surface area contributed by atoms with E-state index in [0.717, 1.165) is 26.1 Å². The van der Waals surface area contributed by atoms with Crippen molar-refractivity contribution in [1.29, 1.82) is 0 Å². The molecule has 1 aliphatic carbocycles. The molecule has 0 amide bonds. The van der Waals surface area contributed by atoms with Crippen molar-refractivity contribution in [3.63, 3.8) is 0 Å². The van der Waals surface area contributed by atoms with Crippen molar-refractivity contribution < 1.29 is 19.4 Å². The average Bonchev–Trinajstić information content (AvgIpc) is 2.97. The van der Waals surface area contributed by atoms with Gasteiger partial charge in [-0.3, -0.25) is 4.90 Å². The van der Waals surface area contributed by atoms with Crippen LogP contribution in [-0.2, 0) is 14.3 Å². The Kier molecular flexibility index (Phi) is 3.54. The maximum absolute atomic E-state index is 10.9. The third-order valence-electron chi connectivity index (χ3n) is 4.42. The Morgan fingerprint density at radius 3 is 2.94 bits per heavy atom. The number of hydrogen-bond donors (Lipinski definition) is 1. The highest BCUT2D eigenvalue weighted by Crippen LogP contribution is 2.31. The first-order valence-electron chi connectivity index (χ1n) is 6.98. The minimum Gasteiger partial charge on any atom is -0.479 e. The quantitative estimate of drug-likeness (QED) is 0.811. The molecule has 0 radical (unpaired) electrons. The van der Waals surface area contributed by atoms with Gasteiger partial charge in [0.05, 0.1) is 18.8 Å². The molecule has 1 N–H and O–H groups in total. The second-order valence-electron chi connectivity index (χ2n) is 5.56. The van der Waals surface area contributed by atoms with Crippen LogP contribution in [0.3, 0.4) is 0 Å². The molecule has 0 aromatic carbocycles. The Balaban J connectivity index is 1.55. The zero-order valence-electron chi connectivity index (χ0n) is 10.6. The van der Waals surface area contributed by atoms with Gasteiger partial charge in [0.25, 0.3) is 0 Å². The zero-order chi connectivity index (χ0) is 12.5. The lowest BCUT2D eigenvalue weighted by molar-refractivity contribution is -0.150. The van der Waals surface area contributed by atoms with Gasteiger partial charge in [0, 0.05) is 19.1 Å². The molecule has 4 unspecified atom stereocenters. The van der Waals surface area contributed by atoms with Crippen molar-refractivity contribution in [2.45, 2.75) is 56.5 Å². The van der Waals surface area contributed by atoms with Crippen molar-refractivity contribution >= 4 is 5.97 Å². The number of carbonyl (C=O) groups is 1. The summed E-state index contributed by atoms with van der Waals surface area (Å²) in [5.74, 6) is -0.821. The first-order chi connectivity index (χ1) is 8.74. The summed E-state index contributed by atoms with van der Waals surface area (Å²) in [6.07, 6.45) is 5.04. The Morgan fingerprint density at radius 2 is 2.17 bits per heavy atom. The summed E-state index contributed by atoms with van der Waals surface area (Å²) in [5.41, 5.74) is 0. The van der Waals surface area contributed by atoms with Crippen LogP contribution in [0.1, 0.15) is 32.1 Å². The van der Waals surface area contributed by atoms with Crippen LogP contribution in [0.2, 0.25) is 0 Å². The van der Waals surface area contributed by atoms with E-state index in [2.05, 4.69) is 4.90 Å². The number of carboxylic acids is 1. The molecule has 1 saturated carbocycles. The Morgan fingerprint density at radius 1 is 1.28 bits per heavy atom. The molecule has 5 heteroatoms. The number of fused-ring (bicyclic) bond motifs is 1. The molecule has 0 aromatic heterocycles. The molecule has 2 heterocycles. The highest BCUT2D eigenvalue weighted by Gasteiger charge is 2.39. The monoisotopic (exact) mass is 255 g/mol. The number of carboxylic acid groups (broad SMARTS) is 1. The maximum Gasteiger partial charge on any atom is 0.332 e. The lowest BCUT2D eigenvalue weighted by Crippen LogP contribution is -2.51. The van der Waals surface area contributed by atoms with Gasteiger partial charge in [0.1, 0.15) is 0 Å². The first kappa shape index (κ1) is 12.4. The van der Waals surface area contributed by atoms with Gasteiger partial charge in [-0.05, 0) is 32.1 Å². The Labute approximate surface area is 107 Å². The molecule has 4 atom stereocenters. The van der Waals surface area contributed by atoms with Crippen LogP contribution in [0.4, 0.5) is 0 Å². The van der Waals surface area contributed by atoms with Crippen molar-refractivity contribution in [2.24, 2.45) is 0 Å². The van der Waals surface area contributed by atoms with Gasteiger partial charge in [0.15, 0.2) is 6.10 Å². The molecular weight excluding hydrogens is 234 g/mol. The fraction of sp³-hybridized carbons (Fsp3) is 0.923. The van der Waals surface area contributed by atoms with E-state index in [-0.39, 0.29) is 6.10 Å². The zero-order valence-corrected chi connectivity index (χ0v) is 10.6. The number of aliphatic carboxylic acids is 1. The molecule has 3 aliphatic rings. The van der Waals surface area contributed by atoms with Crippen molar-refractivity contribution in [1.82, 2.24) is 4.90 Å². The SMILES string of the molecule is O=C(O)C1CCC(CN2CCOC3CCCC32)O1. The van der Waals surface area contributed by atoms with Gasteiger partial charge in [-0.25, -0.2) is 4.79 Å². The second-order valence-corrected chi connectivity index (χ2v) is 5.56. The molecule has 0 bridgehead atoms. The van der Waals surface area contributed by atoms with Gasteiger partial charge < -0.3 is 14.6 Å². The smallest absolute Gasteiger partial charge is 0.332 e. The fourth-order valence-electron chi connectivity index (χ4n) is 3.52. The summed E-state index contributed by atoms with van der Waals surface area (Å²) in [4.78, 5) is 13.3. The molecule has 102 valence electrons. The fourth-order valence-corrected chi connectivity index (χ4v) is 3.52. The lowest BCUT2D eigenvalue weighted by Gasteiger charge is -2.38. The molecule has 0 spiro atoms. The van der Waals surface area contributed by atoms with Crippen LogP contribution in [-0.4, -0.2) is 60.0 Å². The number of nitrogens with zero attached hydrogens (tertiary/aromatic N) is 1. The van der Waals surface area contributed by atoms with E-state index in [1.807, 2.05) is 0 Å². The molecule has 18 heavy (non-hydrogen) atoms. The molecule has 5 nitrogen and oxygen atoms in total.